The summed E-state index contributed by atoms with van der Waals surface area (Å²) in [5.41, 5.74) is 1.30. The van der Waals surface area contributed by atoms with Crippen molar-refractivity contribution in [2.75, 3.05) is 6.54 Å². The highest BCUT2D eigenvalue weighted by Crippen LogP contribution is 2.01. The average molecular weight is 216 g/mol. The largest absolute Gasteiger partial charge is 0.465 e. The van der Waals surface area contributed by atoms with Crippen molar-refractivity contribution in [3.63, 3.8) is 0 Å². The molecular formula is C13H16N2O. The van der Waals surface area contributed by atoms with Crippen LogP contribution in [0.5, 0.6) is 0 Å². The second-order valence-corrected chi connectivity index (χ2v) is 3.73. The number of furan rings is 1. The molecule has 0 aliphatic rings. The topological polar surface area (TPSA) is 30.1 Å². The van der Waals surface area contributed by atoms with Gasteiger partial charge in [0.2, 0.25) is 0 Å². The lowest BCUT2D eigenvalue weighted by Crippen LogP contribution is -2.12. The van der Waals surface area contributed by atoms with Crippen LogP contribution in [0.2, 0.25) is 0 Å². The monoisotopic (exact) mass is 216 g/mol. The van der Waals surface area contributed by atoms with E-state index in [2.05, 4.69) is 34.4 Å². The van der Waals surface area contributed by atoms with Crippen LogP contribution in [0.1, 0.15) is 11.3 Å². The lowest BCUT2D eigenvalue weighted by molar-refractivity contribution is 0.556. The van der Waals surface area contributed by atoms with Crippen molar-refractivity contribution in [3.8, 4) is 0 Å². The summed E-state index contributed by atoms with van der Waals surface area (Å²) < 4.78 is 7.24. The maximum atomic E-state index is 5.18. The molecule has 2 aromatic rings. The van der Waals surface area contributed by atoms with Crippen molar-refractivity contribution >= 4 is 6.08 Å². The van der Waals surface area contributed by atoms with E-state index in [4.69, 9.17) is 4.42 Å². The van der Waals surface area contributed by atoms with E-state index in [1.54, 1.807) is 6.26 Å². The Kier molecular flexibility index (Phi) is 3.62. The molecule has 0 aliphatic heterocycles. The zero-order chi connectivity index (χ0) is 11.2. The van der Waals surface area contributed by atoms with Crippen LogP contribution in [-0.4, -0.2) is 11.1 Å². The Labute approximate surface area is 95.4 Å². The molecule has 0 amide bonds. The van der Waals surface area contributed by atoms with E-state index >= 15 is 0 Å². The van der Waals surface area contributed by atoms with Crippen LogP contribution in [-0.2, 0) is 13.6 Å². The first-order valence-electron chi connectivity index (χ1n) is 5.36. The molecule has 0 atom stereocenters. The van der Waals surface area contributed by atoms with E-state index in [1.165, 1.54) is 5.56 Å². The fraction of sp³-hybridized carbons (Fsp3) is 0.231. The highest BCUT2D eigenvalue weighted by atomic mass is 16.3. The van der Waals surface area contributed by atoms with Gasteiger partial charge in [0.15, 0.2) is 0 Å². The predicted octanol–water partition coefficient (Wildman–Crippen LogP) is 2.42. The number of nitrogens with zero attached hydrogens (tertiary/aromatic N) is 1. The quantitative estimate of drug-likeness (QED) is 0.778. The highest BCUT2D eigenvalue weighted by molar-refractivity contribution is 5.42. The predicted molar refractivity (Wildman–Crippen MR) is 64.9 cm³/mol. The van der Waals surface area contributed by atoms with E-state index in [1.807, 2.05) is 25.3 Å². The van der Waals surface area contributed by atoms with Crippen LogP contribution >= 0.6 is 0 Å². The normalized spacial score (nSPS) is 11.3. The van der Waals surface area contributed by atoms with Gasteiger partial charge in [-0.25, -0.2) is 0 Å². The van der Waals surface area contributed by atoms with Crippen LogP contribution in [0.25, 0.3) is 6.08 Å². The van der Waals surface area contributed by atoms with Crippen molar-refractivity contribution in [1.29, 1.82) is 0 Å². The third-order valence-corrected chi connectivity index (χ3v) is 2.31. The third-order valence-electron chi connectivity index (χ3n) is 2.31. The lowest BCUT2D eigenvalue weighted by atomic mass is 10.3. The van der Waals surface area contributed by atoms with Crippen LogP contribution in [0.4, 0.5) is 0 Å². The van der Waals surface area contributed by atoms with E-state index in [0.717, 1.165) is 18.8 Å². The van der Waals surface area contributed by atoms with Crippen molar-refractivity contribution in [3.05, 3.63) is 54.3 Å². The minimum absolute atomic E-state index is 0.843. The van der Waals surface area contributed by atoms with Crippen molar-refractivity contribution in [2.24, 2.45) is 7.05 Å². The molecular weight excluding hydrogens is 200 g/mol. The zero-order valence-electron chi connectivity index (χ0n) is 9.39. The molecule has 2 rings (SSSR count). The van der Waals surface area contributed by atoms with Crippen molar-refractivity contribution < 1.29 is 4.42 Å². The smallest absolute Gasteiger partial charge is 0.126 e. The molecule has 0 spiro atoms. The Morgan fingerprint density at radius 2 is 2.38 bits per heavy atom. The standard InChI is InChI=1S/C13H16N2O/c1-15-8-6-12(11-15)10-14-7-2-4-13-5-3-9-16-13/h2-6,8-9,11,14H,7,10H2,1H3/b4-2+. The summed E-state index contributed by atoms with van der Waals surface area (Å²) in [4.78, 5) is 0. The fourth-order valence-corrected chi connectivity index (χ4v) is 1.53. The SMILES string of the molecule is Cn1ccc(CNC/C=C/c2ccco2)c1. The number of nitrogens with one attached hydrogen (secondary N) is 1. The molecule has 0 saturated carbocycles. The van der Waals surface area contributed by atoms with Gasteiger partial charge in [0, 0.05) is 32.5 Å². The van der Waals surface area contributed by atoms with E-state index < -0.39 is 0 Å². The van der Waals surface area contributed by atoms with Gasteiger partial charge in [-0.05, 0) is 29.8 Å². The minimum atomic E-state index is 0.843. The summed E-state index contributed by atoms with van der Waals surface area (Å²) in [6.45, 7) is 1.74. The molecule has 3 nitrogen and oxygen atoms in total. The summed E-state index contributed by atoms with van der Waals surface area (Å²) >= 11 is 0. The van der Waals surface area contributed by atoms with Crippen molar-refractivity contribution in [1.82, 2.24) is 9.88 Å². The first kappa shape index (κ1) is 10.8. The number of hydrogen-bond donors (Lipinski definition) is 1. The van der Waals surface area contributed by atoms with E-state index in [-0.39, 0.29) is 0 Å². The van der Waals surface area contributed by atoms with Crippen molar-refractivity contribution in [2.45, 2.75) is 6.54 Å². The second kappa shape index (κ2) is 5.37. The van der Waals surface area contributed by atoms with Gasteiger partial charge in [-0.2, -0.15) is 0 Å². The van der Waals surface area contributed by atoms with Gasteiger partial charge in [-0.15, -0.1) is 0 Å². The average Bonchev–Trinajstić information content (AvgIpc) is 2.89. The molecule has 16 heavy (non-hydrogen) atoms. The van der Waals surface area contributed by atoms with Gasteiger partial charge >= 0.3 is 0 Å². The van der Waals surface area contributed by atoms with Gasteiger partial charge in [-0.3, -0.25) is 0 Å². The minimum Gasteiger partial charge on any atom is -0.465 e. The summed E-state index contributed by atoms with van der Waals surface area (Å²) in [7, 11) is 2.03. The van der Waals surface area contributed by atoms with Crippen LogP contribution in [0.15, 0.2) is 47.3 Å². The molecule has 2 aromatic heterocycles. The molecule has 0 unspecified atom stereocenters. The Morgan fingerprint density at radius 3 is 3.06 bits per heavy atom. The third kappa shape index (κ3) is 3.14. The van der Waals surface area contributed by atoms with Crippen LogP contribution < -0.4 is 5.32 Å². The number of aromatic nitrogens is 1. The van der Waals surface area contributed by atoms with Gasteiger partial charge < -0.3 is 14.3 Å². The summed E-state index contributed by atoms with van der Waals surface area (Å²) in [5, 5.41) is 3.34. The number of hydrogen-bond acceptors (Lipinski definition) is 2. The summed E-state index contributed by atoms with van der Waals surface area (Å²) in [6.07, 6.45) is 9.87. The number of aryl methyl sites for hydroxylation is 1. The van der Waals surface area contributed by atoms with E-state index in [9.17, 15) is 0 Å². The molecule has 0 bridgehead atoms. The maximum Gasteiger partial charge on any atom is 0.126 e. The Balaban J connectivity index is 1.69. The molecule has 84 valence electrons. The first-order chi connectivity index (χ1) is 7.84. The Hall–Kier alpha value is -1.74. The first-order valence-corrected chi connectivity index (χ1v) is 5.36. The van der Waals surface area contributed by atoms with Crippen LogP contribution in [0.3, 0.4) is 0 Å². The van der Waals surface area contributed by atoms with Crippen LogP contribution in [0, 0.1) is 0 Å². The molecule has 2 heterocycles. The summed E-state index contributed by atoms with van der Waals surface area (Å²) in [6, 6.07) is 5.94. The summed E-state index contributed by atoms with van der Waals surface area (Å²) in [5.74, 6) is 0.890. The fourth-order valence-electron chi connectivity index (χ4n) is 1.53. The van der Waals surface area contributed by atoms with Gasteiger partial charge in [0.1, 0.15) is 5.76 Å². The van der Waals surface area contributed by atoms with Gasteiger partial charge in [0.05, 0.1) is 6.26 Å². The Morgan fingerprint density at radius 1 is 1.44 bits per heavy atom. The van der Waals surface area contributed by atoms with E-state index in [0.29, 0.717) is 0 Å². The van der Waals surface area contributed by atoms with Gasteiger partial charge in [-0.1, -0.05) is 6.08 Å². The molecule has 1 N–H and O–H groups in total. The lowest BCUT2D eigenvalue weighted by Gasteiger charge is -1.97. The highest BCUT2D eigenvalue weighted by Gasteiger charge is 1.92. The Bertz CT molecular complexity index is 440. The molecule has 0 aliphatic carbocycles. The molecule has 0 aromatic carbocycles. The second-order valence-electron chi connectivity index (χ2n) is 3.73. The maximum absolute atomic E-state index is 5.18. The zero-order valence-corrected chi connectivity index (χ0v) is 9.39. The molecule has 3 heteroatoms. The number of rotatable bonds is 5. The molecule has 0 fully saturated rings. The molecule has 0 saturated heterocycles. The van der Waals surface area contributed by atoms with Gasteiger partial charge in [0.25, 0.3) is 0 Å². The molecule has 0 radical (unpaired) electrons.